The Bertz CT molecular complexity index is 225. The number of hydrogen-bond donors (Lipinski definition) is 3. The van der Waals surface area contributed by atoms with E-state index in [2.05, 4.69) is 10.6 Å². The van der Waals surface area contributed by atoms with Crippen molar-refractivity contribution in [3.8, 4) is 0 Å². The monoisotopic (exact) mass is 276 g/mol. The van der Waals surface area contributed by atoms with Crippen molar-refractivity contribution in [2.75, 3.05) is 39.5 Å². The third-order valence-corrected chi connectivity index (χ3v) is 2.23. The standard InChI is InChI=1S/C13H28N2O4/c1-4-5-15-13(17)9-14-8-12(16)10-18-6-7-19-11(2)3/h11-12,14,16H,4-10H2,1-3H3,(H,15,17). The molecule has 3 N–H and O–H groups in total. The van der Waals surface area contributed by atoms with Crippen LogP contribution in [-0.2, 0) is 14.3 Å². The molecule has 0 spiro atoms. The van der Waals surface area contributed by atoms with Crippen molar-refractivity contribution in [1.29, 1.82) is 0 Å². The van der Waals surface area contributed by atoms with E-state index in [1.165, 1.54) is 0 Å². The molecule has 0 fully saturated rings. The minimum Gasteiger partial charge on any atom is -0.389 e. The third kappa shape index (κ3) is 13.5. The van der Waals surface area contributed by atoms with Crippen LogP contribution in [0.3, 0.4) is 0 Å². The Morgan fingerprint density at radius 2 is 2.05 bits per heavy atom. The second kappa shape index (κ2) is 12.3. The van der Waals surface area contributed by atoms with Crippen LogP contribution in [0.4, 0.5) is 0 Å². The largest absolute Gasteiger partial charge is 0.389 e. The maximum absolute atomic E-state index is 11.2. The fourth-order valence-corrected chi connectivity index (χ4v) is 1.30. The van der Waals surface area contributed by atoms with Gasteiger partial charge in [0.1, 0.15) is 0 Å². The Kier molecular flexibility index (Phi) is 11.9. The van der Waals surface area contributed by atoms with Crippen LogP contribution >= 0.6 is 0 Å². The van der Waals surface area contributed by atoms with Gasteiger partial charge < -0.3 is 25.2 Å². The maximum atomic E-state index is 11.2. The second-order valence-electron chi connectivity index (χ2n) is 4.63. The summed E-state index contributed by atoms with van der Waals surface area (Å²) in [6, 6.07) is 0. The van der Waals surface area contributed by atoms with Gasteiger partial charge in [0.2, 0.25) is 5.91 Å². The minimum absolute atomic E-state index is 0.0553. The van der Waals surface area contributed by atoms with E-state index in [9.17, 15) is 9.90 Å². The van der Waals surface area contributed by atoms with E-state index >= 15 is 0 Å². The number of amides is 1. The van der Waals surface area contributed by atoms with Crippen molar-refractivity contribution >= 4 is 5.91 Å². The van der Waals surface area contributed by atoms with Crippen LogP contribution < -0.4 is 10.6 Å². The molecule has 1 atom stereocenters. The Balaban J connectivity index is 3.34. The van der Waals surface area contributed by atoms with E-state index in [0.29, 0.717) is 26.3 Å². The highest BCUT2D eigenvalue weighted by atomic mass is 16.5. The highest BCUT2D eigenvalue weighted by Gasteiger charge is 2.05. The maximum Gasteiger partial charge on any atom is 0.233 e. The molecular weight excluding hydrogens is 248 g/mol. The molecule has 19 heavy (non-hydrogen) atoms. The molecule has 0 radical (unpaired) electrons. The normalized spacial score (nSPS) is 12.7. The summed E-state index contributed by atoms with van der Waals surface area (Å²) >= 11 is 0. The summed E-state index contributed by atoms with van der Waals surface area (Å²) in [6.07, 6.45) is 0.496. The van der Waals surface area contributed by atoms with Crippen molar-refractivity contribution in [2.45, 2.75) is 39.4 Å². The number of aliphatic hydroxyl groups is 1. The number of carbonyl (C=O) groups excluding carboxylic acids is 1. The Morgan fingerprint density at radius 3 is 2.68 bits per heavy atom. The van der Waals surface area contributed by atoms with E-state index in [-0.39, 0.29) is 25.2 Å². The predicted octanol–water partition coefficient (Wildman–Crippen LogP) is -0.0953. The Morgan fingerprint density at radius 1 is 1.32 bits per heavy atom. The number of ether oxygens (including phenoxy) is 2. The molecule has 0 aromatic heterocycles. The van der Waals surface area contributed by atoms with Crippen molar-refractivity contribution in [3.63, 3.8) is 0 Å². The van der Waals surface area contributed by atoms with Crippen molar-refractivity contribution in [2.24, 2.45) is 0 Å². The van der Waals surface area contributed by atoms with E-state index in [1.807, 2.05) is 20.8 Å². The quantitative estimate of drug-likeness (QED) is 0.434. The van der Waals surface area contributed by atoms with Gasteiger partial charge in [-0.2, -0.15) is 0 Å². The first kappa shape index (κ1) is 18.3. The number of hydrogen-bond acceptors (Lipinski definition) is 5. The summed E-state index contributed by atoms with van der Waals surface area (Å²) in [5.41, 5.74) is 0. The highest BCUT2D eigenvalue weighted by Crippen LogP contribution is 1.89. The summed E-state index contributed by atoms with van der Waals surface area (Å²) in [5, 5.41) is 15.2. The second-order valence-corrected chi connectivity index (χ2v) is 4.63. The topological polar surface area (TPSA) is 79.8 Å². The number of nitrogens with one attached hydrogen (secondary N) is 2. The third-order valence-electron chi connectivity index (χ3n) is 2.23. The molecule has 0 rings (SSSR count). The van der Waals surface area contributed by atoms with Gasteiger partial charge in [0, 0.05) is 13.1 Å². The van der Waals surface area contributed by atoms with E-state index in [4.69, 9.17) is 9.47 Å². The van der Waals surface area contributed by atoms with Gasteiger partial charge in [0.15, 0.2) is 0 Å². The first-order valence-corrected chi connectivity index (χ1v) is 6.91. The van der Waals surface area contributed by atoms with Gasteiger partial charge in [-0.15, -0.1) is 0 Å². The first-order valence-electron chi connectivity index (χ1n) is 6.91. The number of aliphatic hydroxyl groups excluding tert-OH is 1. The summed E-state index contributed by atoms with van der Waals surface area (Å²) in [7, 11) is 0. The van der Waals surface area contributed by atoms with Gasteiger partial charge in [-0.25, -0.2) is 0 Å². The lowest BCUT2D eigenvalue weighted by Gasteiger charge is -2.13. The van der Waals surface area contributed by atoms with Gasteiger partial charge in [-0.3, -0.25) is 4.79 Å². The van der Waals surface area contributed by atoms with Crippen LogP contribution in [0.2, 0.25) is 0 Å². The van der Waals surface area contributed by atoms with Gasteiger partial charge >= 0.3 is 0 Å². The molecule has 0 aliphatic heterocycles. The van der Waals surface area contributed by atoms with E-state index < -0.39 is 6.10 Å². The summed E-state index contributed by atoms with van der Waals surface area (Å²) in [6.45, 7) is 8.39. The molecule has 0 saturated heterocycles. The van der Waals surface area contributed by atoms with E-state index in [0.717, 1.165) is 6.42 Å². The molecule has 0 aliphatic rings. The fraction of sp³-hybridized carbons (Fsp3) is 0.923. The van der Waals surface area contributed by atoms with Crippen LogP contribution in [0.25, 0.3) is 0 Å². The molecular formula is C13H28N2O4. The molecule has 0 heterocycles. The SMILES string of the molecule is CCCNC(=O)CNCC(O)COCCOC(C)C. The number of rotatable bonds is 12. The molecule has 0 aliphatic carbocycles. The summed E-state index contributed by atoms with van der Waals surface area (Å²) in [5.74, 6) is -0.0553. The van der Waals surface area contributed by atoms with Gasteiger partial charge in [0.05, 0.1) is 38.6 Å². The van der Waals surface area contributed by atoms with Crippen molar-refractivity contribution in [1.82, 2.24) is 10.6 Å². The summed E-state index contributed by atoms with van der Waals surface area (Å²) < 4.78 is 10.6. The Hall–Kier alpha value is -0.690. The molecule has 1 unspecified atom stereocenters. The predicted molar refractivity (Wildman–Crippen MR) is 74.1 cm³/mol. The molecule has 1 amide bonds. The van der Waals surface area contributed by atoms with Crippen LogP contribution in [0.15, 0.2) is 0 Å². The highest BCUT2D eigenvalue weighted by molar-refractivity contribution is 5.77. The molecule has 0 bridgehead atoms. The molecule has 6 heteroatoms. The molecule has 0 aromatic carbocycles. The van der Waals surface area contributed by atoms with Crippen LogP contribution in [-0.4, -0.2) is 62.7 Å². The zero-order valence-corrected chi connectivity index (χ0v) is 12.3. The average Bonchev–Trinajstić information content (AvgIpc) is 2.35. The lowest BCUT2D eigenvalue weighted by molar-refractivity contribution is -0.120. The molecule has 114 valence electrons. The molecule has 0 saturated carbocycles. The lowest BCUT2D eigenvalue weighted by atomic mass is 10.3. The van der Waals surface area contributed by atoms with E-state index in [1.54, 1.807) is 0 Å². The van der Waals surface area contributed by atoms with Crippen LogP contribution in [0.5, 0.6) is 0 Å². The van der Waals surface area contributed by atoms with Gasteiger partial charge in [-0.1, -0.05) is 6.92 Å². The average molecular weight is 276 g/mol. The Labute approximate surface area is 115 Å². The molecule has 6 nitrogen and oxygen atoms in total. The number of carbonyl (C=O) groups is 1. The van der Waals surface area contributed by atoms with Crippen LogP contribution in [0.1, 0.15) is 27.2 Å². The van der Waals surface area contributed by atoms with Gasteiger partial charge in [0.25, 0.3) is 0 Å². The smallest absolute Gasteiger partial charge is 0.233 e. The zero-order chi connectivity index (χ0) is 14.5. The minimum atomic E-state index is -0.613. The first-order chi connectivity index (χ1) is 9.06. The molecule has 0 aromatic rings. The van der Waals surface area contributed by atoms with Gasteiger partial charge in [-0.05, 0) is 20.3 Å². The van der Waals surface area contributed by atoms with Crippen molar-refractivity contribution in [3.05, 3.63) is 0 Å². The lowest BCUT2D eigenvalue weighted by Crippen LogP contribution is -2.38. The fourth-order valence-electron chi connectivity index (χ4n) is 1.30. The summed E-state index contributed by atoms with van der Waals surface area (Å²) in [4.78, 5) is 11.2. The zero-order valence-electron chi connectivity index (χ0n) is 12.3. The van der Waals surface area contributed by atoms with Crippen molar-refractivity contribution < 1.29 is 19.4 Å². The van der Waals surface area contributed by atoms with Crippen LogP contribution in [0, 0.1) is 0 Å².